The van der Waals surface area contributed by atoms with Crippen LogP contribution in [0.3, 0.4) is 0 Å². The van der Waals surface area contributed by atoms with E-state index in [2.05, 4.69) is 15.2 Å². The maximum absolute atomic E-state index is 13.0. The highest BCUT2D eigenvalue weighted by molar-refractivity contribution is 7.90. The lowest BCUT2D eigenvalue weighted by Crippen LogP contribution is -2.28. The predicted octanol–water partition coefficient (Wildman–Crippen LogP) is 0.214. The molecule has 27 heavy (non-hydrogen) atoms. The highest BCUT2D eigenvalue weighted by Gasteiger charge is 2.29. The standard InChI is InChI=1S/C16H15BN4O5S/c1-9-20-21-15(26-9)13-5-12(18)6-19-16(13)27(23,24)8-10-2-3-11-7-25-17(22)14(11)4-10/h2-6,22H,7-8,18H2,1H3. The molecule has 138 valence electrons. The topological polar surface area (TPSA) is 141 Å². The fourth-order valence-corrected chi connectivity index (χ4v) is 4.37. The molecule has 0 aliphatic carbocycles. The van der Waals surface area contributed by atoms with E-state index in [1.807, 2.05) is 0 Å². The first kappa shape index (κ1) is 17.6. The van der Waals surface area contributed by atoms with Crippen LogP contribution in [0.25, 0.3) is 11.5 Å². The second-order valence-corrected chi connectivity index (χ2v) is 8.11. The molecule has 3 aromatic rings. The second-order valence-electron chi connectivity index (χ2n) is 6.20. The summed E-state index contributed by atoms with van der Waals surface area (Å²) in [5.41, 5.74) is 8.09. The van der Waals surface area contributed by atoms with Gasteiger partial charge in [-0.3, -0.25) is 0 Å². The number of hydrogen-bond donors (Lipinski definition) is 2. The number of benzene rings is 1. The molecule has 11 heteroatoms. The van der Waals surface area contributed by atoms with Crippen LogP contribution in [0.15, 0.2) is 39.9 Å². The van der Waals surface area contributed by atoms with Gasteiger partial charge in [0.05, 0.1) is 29.8 Å². The van der Waals surface area contributed by atoms with Gasteiger partial charge in [0.2, 0.25) is 15.7 Å². The molecule has 3 heterocycles. The van der Waals surface area contributed by atoms with Crippen molar-refractivity contribution in [3.8, 4) is 11.5 Å². The molecule has 0 spiro atoms. The molecule has 0 unspecified atom stereocenters. The van der Waals surface area contributed by atoms with Crippen LogP contribution in [0, 0.1) is 6.92 Å². The Kier molecular flexibility index (Phi) is 4.21. The van der Waals surface area contributed by atoms with E-state index in [0.717, 1.165) is 5.56 Å². The quantitative estimate of drug-likeness (QED) is 0.602. The van der Waals surface area contributed by atoms with Crippen LogP contribution in [-0.2, 0) is 26.9 Å². The Bertz CT molecular complexity index is 1130. The molecule has 0 fully saturated rings. The summed E-state index contributed by atoms with van der Waals surface area (Å²) in [4.78, 5) is 4.00. The van der Waals surface area contributed by atoms with Gasteiger partial charge in [-0.25, -0.2) is 13.4 Å². The minimum Gasteiger partial charge on any atom is -0.423 e. The monoisotopic (exact) mass is 386 g/mol. The van der Waals surface area contributed by atoms with E-state index in [9.17, 15) is 13.4 Å². The number of nitrogens with zero attached hydrogens (tertiary/aromatic N) is 3. The van der Waals surface area contributed by atoms with Crippen molar-refractivity contribution >= 4 is 28.1 Å². The zero-order valence-electron chi connectivity index (χ0n) is 14.3. The average molecular weight is 386 g/mol. The maximum Gasteiger partial charge on any atom is 0.491 e. The van der Waals surface area contributed by atoms with Gasteiger partial charge in [0, 0.05) is 6.92 Å². The summed E-state index contributed by atoms with van der Waals surface area (Å²) in [5, 5.41) is 17.2. The zero-order chi connectivity index (χ0) is 19.2. The van der Waals surface area contributed by atoms with E-state index in [1.165, 1.54) is 12.3 Å². The Balaban J connectivity index is 1.74. The summed E-state index contributed by atoms with van der Waals surface area (Å²) in [6.07, 6.45) is 1.26. The van der Waals surface area contributed by atoms with Gasteiger partial charge in [0.15, 0.2) is 5.03 Å². The van der Waals surface area contributed by atoms with Gasteiger partial charge in [-0.2, -0.15) is 0 Å². The second kappa shape index (κ2) is 6.45. The molecular weight excluding hydrogens is 371 g/mol. The maximum atomic E-state index is 13.0. The predicted molar refractivity (Wildman–Crippen MR) is 96.4 cm³/mol. The molecule has 0 bridgehead atoms. The van der Waals surface area contributed by atoms with E-state index in [-0.39, 0.29) is 27.9 Å². The average Bonchev–Trinajstić information content (AvgIpc) is 3.21. The third-order valence-electron chi connectivity index (χ3n) is 4.15. The molecule has 0 atom stereocenters. The molecule has 0 amide bonds. The van der Waals surface area contributed by atoms with Crippen LogP contribution in [-0.4, -0.2) is 35.7 Å². The van der Waals surface area contributed by atoms with Crippen LogP contribution >= 0.6 is 0 Å². The van der Waals surface area contributed by atoms with Gasteiger partial charge >= 0.3 is 7.12 Å². The van der Waals surface area contributed by atoms with Crippen molar-refractivity contribution in [3.05, 3.63) is 47.5 Å². The molecule has 0 saturated carbocycles. The summed E-state index contributed by atoms with van der Waals surface area (Å²) in [7, 11) is -4.90. The first-order valence-electron chi connectivity index (χ1n) is 8.03. The first-order chi connectivity index (χ1) is 12.8. The van der Waals surface area contributed by atoms with E-state index < -0.39 is 17.0 Å². The van der Waals surface area contributed by atoms with E-state index >= 15 is 0 Å². The van der Waals surface area contributed by atoms with Crippen LogP contribution in [0.5, 0.6) is 0 Å². The van der Waals surface area contributed by atoms with Crippen molar-refractivity contribution < 1.29 is 22.5 Å². The number of anilines is 1. The molecule has 4 rings (SSSR count). The fraction of sp³-hybridized carbons (Fsp3) is 0.188. The first-order valence-corrected chi connectivity index (χ1v) is 9.69. The zero-order valence-corrected chi connectivity index (χ0v) is 15.1. The third-order valence-corrected chi connectivity index (χ3v) is 5.78. The highest BCUT2D eigenvalue weighted by atomic mass is 32.2. The SMILES string of the molecule is Cc1nnc(-c2cc(N)cnc2S(=O)(=O)Cc2ccc3c(c2)B(O)OC3)o1. The summed E-state index contributed by atoms with van der Waals surface area (Å²) in [6, 6.07) is 6.49. The molecule has 1 aliphatic rings. The third kappa shape index (κ3) is 3.32. The minimum absolute atomic E-state index is 0.0312. The molecule has 0 saturated heterocycles. The Labute approximate surface area is 155 Å². The summed E-state index contributed by atoms with van der Waals surface area (Å²) >= 11 is 0. The number of nitrogens with two attached hydrogens (primary N) is 1. The summed E-state index contributed by atoms with van der Waals surface area (Å²) in [5.74, 6) is 0.0105. The molecule has 1 aromatic carbocycles. The van der Waals surface area contributed by atoms with E-state index in [0.29, 0.717) is 23.5 Å². The number of hydrogen-bond acceptors (Lipinski definition) is 9. The van der Waals surface area contributed by atoms with Gasteiger partial charge in [0.1, 0.15) is 0 Å². The number of rotatable bonds is 4. The fourth-order valence-electron chi connectivity index (χ4n) is 2.92. The van der Waals surface area contributed by atoms with Crippen LogP contribution in [0.1, 0.15) is 17.0 Å². The molecule has 0 radical (unpaired) electrons. The number of pyridine rings is 1. The minimum atomic E-state index is -3.85. The number of nitrogen functional groups attached to an aromatic ring is 1. The van der Waals surface area contributed by atoms with Crippen molar-refractivity contribution in [1.82, 2.24) is 15.2 Å². The molecule has 9 nitrogen and oxygen atoms in total. The van der Waals surface area contributed by atoms with Crippen LogP contribution in [0.2, 0.25) is 0 Å². The lowest BCUT2D eigenvalue weighted by Gasteiger charge is -2.09. The van der Waals surface area contributed by atoms with Gasteiger partial charge in [-0.1, -0.05) is 18.2 Å². The largest absolute Gasteiger partial charge is 0.491 e. The summed E-state index contributed by atoms with van der Waals surface area (Å²) in [6.45, 7) is 1.89. The number of fused-ring (bicyclic) bond motifs is 1. The Morgan fingerprint density at radius 3 is 2.85 bits per heavy atom. The van der Waals surface area contributed by atoms with E-state index in [4.69, 9.17) is 14.8 Å². The smallest absolute Gasteiger partial charge is 0.423 e. The van der Waals surface area contributed by atoms with Crippen LogP contribution < -0.4 is 11.2 Å². The number of aromatic nitrogens is 3. The summed E-state index contributed by atoms with van der Waals surface area (Å²) < 4.78 is 36.5. The normalized spacial score (nSPS) is 13.8. The molecule has 1 aliphatic heterocycles. The Morgan fingerprint density at radius 2 is 2.11 bits per heavy atom. The highest BCUT2D eigenvalue weighted by Crippen LogP contribution is 2.29. The van der Waals surface area contributed by atoms with Crippen molar-refractivity contribution in [2.45, 2.75) is 24.3 Å². The van der Waals surface area contributed by atoms with Crippen molar-refractivity contribution in [3.63, 3.8) is 0 Å². The van der Waals surface area contributed by atoms with E-state index in [1.54, 1.807) is 25.1 Å². The van der Waals surface area contributed by atoms with Crippen molar-refractivity contribution in [2.75, 3.05) is 5.73 Å². The van der Waals surface area contributed by atoms with Gasteiger partial charge in [-0.05, 0) is 22.7 Å². The Hall–Kier alpha value is -2.76. The number of aryl methyl sites for hydroxylation is 1. The van der Waals surface area contributed by atoms with Crippen molar-refractivity contribution in [1.29, 1.82) is 0 Å². The lowest BCUT2D eigenvalue weighted by atomic mass is 9.79. The Morgan fingerprint density at radius 1 is 1.30 bits per heavy atom. The van der Waals surface area contributed by atoms with Gasteiger partial charge < -0.3 is 19.8 Å². The van der Waals surface area contributed by atoms with Crippen LogP contribution in [0.4, 0.5) is 5.69 Å². The number of sulfone groups is 1. The van der Waals surface area contributed by atoms with Crippen molar-refractivity contribution in [2.24, 2.45) is 0 Å². The molecule has 3 N–H and O–H groups in total. The van der Waals surface area contributed by atoms with Gasteiger partial charge in [-0.15, -0.1) is 10.2 Å². The lowest BCUT2D eigenvalue weighted by molar-refractivity contribution is 0.275. The van der Waals surface area contributed by atoms with Gasteiger partial charge in [0.25, 0.3) is 5.89 Å². The molecule has 2 aromatic heterocycles. The molecular formula is C16H15BN4O5S.